The van der Waals surface area contributed by atoms with E-state index in [1.165, 1.54) is 57.8 Å². The molecule has 0 radical (unpaired) electrons. The van der Waals surface area contributed by atoms with Crippen molar-refractivity contribution in [3.63, 3.8) is 0 Å². The van der Waals surface area contributed by atoms with Crippen molar-refractivity contribution in [2.75, 3.05) is 26.1 Å². The summed E-state index contributed by atoms with van der Waals surface area (Å²) in [7, 11) is -3.32. The fourth-order valence-corrected chi connectivity index (χ4v) is 2.41. The number of hydrogen-bond acceptors (Lipinski definition) is 4. The number of ether oxygens (including phenoxy) is 1. The van der Waals surface area contributed by atoms with Gasteiger partial charge in [-0.25, -0.2) is 0 Å². The van der Waals surface area contributed by atoms with Gasteiger partial charge in [0.1, 0.15) is 0 Å². The Morgan fingerprint density at radius 2 is 1.20 bits per heavy atom. The summed E-state index contributed by atoms with van der Waals surface area (Å²) in [5.41, 5.74) is 0. The summed E-state index contributed by atoms with van der Waals surface area (Å²) in [4.78, 5) is 0. The standard InChI is InChI=1S/C15H32O4S/c1-3-4-5-6-7-8-9-10-11-12-13-18-14-15-19-20(2,16)17/h3-15H2,1-2H3. The summed E-state index contributed by atoms with van der Waals surface area (Å²) in [5, 5.41) is 0. The van der Waals surface area contributed by atoms with Crippen LogP contribution in [0, 0.1) is 0 Å². The van der Waals surface area contributed by atoms with Crippen molar-refractivity contribution in [2.45, 2.75) is 71.1 Å². The highest BCUT2D eigenvalue weighted by Gasteiger charge is 2.00. The van der Waals surface area contributed by atoms with Crippen LogP contribution in [0.1, 0.15) is 71.1 Å². The molecule has 0 atom stereocenters. The smallest absolute Gasteiger partial charge is 0.264 e. The van der Waals surface area contributed by atoms with E-state index < -0.39 is 10.1 Å². The van der Waals surface area contributed by atoms with Crippen molar-refractivity contribution in [2.24, 2.45) is 0 Å². The summed E-state index contributed by atoms with van der Waals surface area (Å²) in [5.74, 6) is 0. The van der Waals surface area contributed by atoms with Gasteiger partial charge < -0.3 is 4.74 Å². The summed E-state index contributed by atoms with van der Waals surface area (Å²) in [6.45, 7) is 3.42. The molecule has 0 aromatic heterocycles. The summed E-state index contributed by atoms with van der Waals surface area (Å²) >= 11 is 0. The quantitative estimate of drug-likeness (QED) is 0.340. The largest absolute Gasteiger partial charge is 0.379 e. The Hall–Kier alpha value is -0.130. The SMILES string of the molecule is CCCCCCCCCCCCOCCOS(C)(=O)=O. The normalized spacial score (nSPS) is 11.9. The van der Waals surface area contributed by atoms with Crippen molar-refractivity contribution in [1.82, 2.24) is 0 Å². The Morgan fingerprint density at radius 3 is 1.70 bits per heavy atom. The molecule has 20 heavy (non-hydrogen) atoms. The van der Waals surface area contributed by atoms with Gasteiger partial charge in [-0.15, -0.1) is 0 Å². The molecule has 0 aliphatic heterocycles. The second kappa shape index (κ2) is 13.8. The Kier molecular flexibility index (Phi) is 13.7. The Morgan fingerprint density at radius 1 is 0.700 bits per heavy atom. The maximum atomic E-state index is 10.7. The van der Waals surface area contributed by atoms with E-state index in [2.05, 4.69) is 11.1 Å². The molecule has 0 rings (SSSR count). The Balaban J connectivity index is 3.03. The average molecular weight is 308 g/mol. The lowest BCUT2D eigenvalue weighted by Gasteiger charge is -2.04. The summed E-state index contributed by atoms with van der Waals surface area (Å²) in [6.07, 6.45) is 14.1. The highest BCUT2D eigenvalue weighted by Crippen LogP contribution is 2.10. The first-order chi connectivity index (χ1) is 9.56. The van der Waals surface area contributed by atoms with Gasteiger partial charge in [-0.3, -0.25) is 4.18 Å². The number of hydrogen-bond donors (Lipinski definition) is 0. The van der Waals surface area contributed by atoms with Crippen molar-refractivity contribution < 1.29 is 17.3 Å². The van der Waals surface area contributed by atoms with Crippen LogP contribution in [0.5, 0.6) is 0 Å². The van der Waals surface area contributed by atoms with E-state index in [1.807, 2.05) is 0 Å². The zero-order valence-electron chi connectivity index (χ0n) is 13.2. The minimum Gasteiger partial charge on any atom is -0.379 e. The van der Waals surface area contributed by atoms with Gasteiger partial charge in [-0.05, 0) is 6.42 Å². The topological polar surface area (TPSA) is 52.6 Å². The molecule has 0 unspecified atom stereocenters. The van der Waals surface area contributed by atoms with Crippen molar-refractivity contribution in [3.8, 4) is 0 Å². The third-order valence-electron chi connectivity index (χ3n) is 3.17. The van der Waals surface area contributed by atoms with E-state index in [0.29, 0.717) is 13.2 Å². The average Bonchev–Trinajstić information content (AvgIpc) is 2.38. The molecule has 5 heteroatoms. The molecule has 0 spiro atoms. The lowest BCUT2D eigenvalue weighted by molar-refractivity contribution is 0.0993. The van der Waals surface area contributed by atoms with Crippen LogP contribution in [0.15, 0.2) is 0 Å². The summed E-state index contributed by atoms with van der Waals surface area (Å²) < 4.78 is 31.2. The molecule has 0 saturated heterocycles. The van der Waals surface area contributed by atoms with E-state index in [0.717, 1.165) is 12.7 Å². The predicted molar refractivity (Wildman–Crippen MR) is 83.5 cm³/mol. The minimum atomic E-state index is -3.32. The molecule has 0 aromatic rings. The van der Waals surface area contributed by atoms with Gasteiger partial charge in [0.05, 0.1) is 19.5 Å². The molecule has 0 aromatic carbocycles. The predicted octanol–water partition coefficient (Wildman–Crippen LogP) is 3.90. The molecule has 0 aliphatic carbocycles. The number of rotatable bonds is 15. The molecule has 4 nitrogen and oxygen atoms in total. The van der Waals surface area contributed by atoms with Crippen LogP contribution in [0.4, 0.5) is 0 Å². The maximum absolute atomic E-state index is 10.7. The van der Waals surface area contributed by atoms with E-state index in [4.69, 9.17) is 4.74 Å². The van der Waals surface area contributed by atoms with Crippen LogP contribution in [0.2, 0.25) is 0 Å². The van der Waals surface area contributed by atoms with Crippen LogP contribution in [0.25, 0.3) is 0 Å². The lowest BCUT2D eigenvalue weighted by atomic mass is 10.1. The van der Waals surface area contributed by atoms with Gasteiger partial charge in [0.25, 0.3) is 10.1 Å². The van der Waals surface area contributed by atoms with Gasteiger partial charge in [-0.1, -0.05) is 64.7 Å². The molecule has 0 bridgehead atoms. The molecule has 0 heterocycles. The van der Waals surface area contributed by atoms with Crippen molar-refractivity contribution in [1.29, 1.82) is 0 Å². The zero-order valence-corrected chi connectivity index (χ0v) is 14.1. The van der Waals surface area contributed by atoms with Gasteiger partial charge in [-0.2, -0.15) is 8.42 Å². The third kappa shape index (κ3) is 17.9. The highest BCUT2D eigenvalue weighted by molar-refractivity contribution is 7.85. The van der Waals surface area contributed by atoms with Gasteiger partial charge in [0.2, 0.25) is 0 Å². The van der Waals surface area contributed by atoms with Crippen LogP contribution >= 0.6 is 0 Å². The monoisotopic (exact) mass is 308 g/mol. The molecule has 122 valence electrons. The second-order valence-corrected chi connectivity index (χ2v) is 6.96. The molecule has 0 fully saturated rings. The first-order valence-electron chi connectivity index (χ1n) is 7.98. The first-order valence-corrected chi connectivity index (χ1v) is 9.80. The van der Waals surface area contributed by atoms with Crippen LogP contribution in [-0.2, 0) is 19.0 Å². The van der Waals surface area contributed by atoms with E-state index in [-0.39, 0.29) is 6.61 Å². The molecular weight excluding hydrogens is 276 g/mol. The van der Waals surface area contributed by atoms with Crippen LogP contribution in [0.3, 0.4) is 0 Å². The highest BCUT2D eigenvalue weighted by atomic mass is 32.2. The molecular formula is C15H32O4S. The second-order valence-electron chi connectivity index (χ2n) is 5.32. The van der Waals surface area contributed by atoms with Crippen LogP contribution < -0.4 is 0 Å². The zero-order chi connectivity index (χ0) is 15.1. The molecule has 0 saturated carbocycles. The summed E-state index contributed by atoms with van der Waals surface area (Å²) in [6, 6.07) is 0. The minimum absolute atomic E-state index is 0.122. The molecule has 0 amide bonds. The molecule has 0 N–H and O–H groups in total. The van der Waals surface area contributed by atoms with Crippen molar-refractivity contribution in [3.05, 3.63) is 0 Å². The first kappa shape index (κ1) is 19.9. The fraction of sp³-hybridized carbons (Fsp3) is 1.00. The molecule has 0 aliphatic rings. The Bertz CT molecular complexity index is 288. The van der Waals surface area contributed by atoms with Crippen LogP contribution in [-0.4, -0.2) is 34.5 Å². The maximum Gasteiger partial charge on any atom is 0.264 e. The van der Waals surface area contributed by atoms with E-state index in [1.54, 1.807) is 0 Å². The van der Waals surface area contributed by atoms with Gasteiger partial charge >= 0.3 is 0 Å². The third-order valence-corrected chi connectivity index (χ3v) is 3.76. The lowest BCUT2D eigenvalue weighted by Crippen LogP contribution is -2.10. The van der Waals surface area contributed by atoms with Gasteiger partial charge in [0.15, 0.2) is 0 Å². The number of unbranched alkanes of at least 4 members (excludes halogenated alkanes) is 9. The Labute approximate surface area is 125 Å². The fourth-order valence-electron chi connectivity index (χ4n) is 2.04. The van der Waals surface area contributed by atoms with E-state index in [9.17, 15) is 8.42 Å². The van der Waals surface area contributed by atoms with Crippen molar-refractivity contribution >= 4 is 10.1 Å². The van der Waals surface area contributed by atoms with Gasteiger partial charge in [0, 0.05) is 6.61 Å². The van der Waals surface area contributed by atoms with E-state index >= 15 is 0 Å².